The first-order chi connectivity index (χ1) is 8.08. The fourth-order valence-electron chi connectivity index (χ4n) is 1.60. The summed E-state index contributed by atoms with van der Waals surface area (Å²) in [5.74, 6) is -0.505. The molecule has 0 saturated heterocycles. The van der Waals surface area contributed by atoms with E-state index >= 15 is 0 Å². The molecule has 1 nitrogen and oxygen atoms in total. The van der Waals surface area contributed by atoms with Gasteiger partial charge in [0.05, 0.1) is 0 Å². The van der Waals surface area contributed by atoms with Crippen molar-refractivity contribution in [3.8, 4) is 0 Å². The average molecular weight is 249 g/mol. The van der Waals surface area contributed by atoms with Gasteiger partial charge in [0, 0.05) is 16.1 Å². The topological polar surface area (TPSA) is 17.1 Å². The van der Waals surface area contributed by atoms with Crippen LogP contribution in [0.15, 0.2) is 42.5 Å². The van der Waals surface area contributed by atoms with Crippen LogP contribution in [0.2, 0.25) is 5.02 Å². The lowest BCUT2D eigenvalue weighted by atomic mass is 9.99. The molecular weight excluding hydrogens is 239 g/mol. The molecule has 0 amide bonds. The Hall–Kier alpha value is -1.67. The van der Waals surface area contributed by atoms with Crippen LogP contribution in [0.4, 0.5) is 4.39 Å². The van der Waals surface area contributed by atoms with Gasteiger partial charge in [0.1, 0.15) is 5.82 Å². The smallest absolute Gasteiger partial charge is 0.193 e. The van der Waals surface area contributed by atoms with E-state index in [1.807, 2.05) is 6.92 Å². The maximum Gasteiger partial charge on any atom is 0.193 e. The van der Waals surface area contributed by atoms with Gasteiger partial charge in [-0.25, -0.2) is 4.39 Å². The van der Waals surface area contributed by atoms with E-state index in [0.29, 0.717) is 16.1 Å². The summed E-state index contributed by atoms with van der Waals surface area (Å²) in [4.78, 5) is 12.1. The third-order valence-corrected chi connectivity index (χ3v) is 2.79. The summed E-state index contributed by atoms with van der Waals surface area (Å²) in [5.41, 5.74) is 1.85. The second-order valence-electron chi connectivity index (χ2n) is 3.80. The quantitative estimate of drug-likeness (QED) is 0.734. The number of halogens is 2. The third kappa shape index (κ3) is 2.53. The average Bonchev–Trinajstić information content (AvgIpc) is 2.32. The predicted octanol–water partition coefficient (Wildman–Crippen LogP) is 4.02. The second kappa shape index (κ2) is 4.68. The van der Waals surface area contributed by atoms with Gasteiger partial charge in [0.25, 0.3) is 0 Å². The molecule has 0 unspecified atom stereocenters. The summed E-state index contributed by atoms with van der Waals surface area (Å²) in [5, 5.41) is 0.515. The second-order valence-corrected chi connectivity index (χ2v) is 4.23. The van der Waals surface area contributed by atoms with Crippen molar-refractivity contribution < 1.29 is 9.18 Å². The Morgan fingerprint density at radius 3 is 2.41 bits per heavy atom. The van der Waals surface area contributed by atoms with E-state index in [1.54, 1.807) is 18.2 Å². The molecule has 0 aliphatic heterocycles. The minimum absolute atomic E-state index is 0.148. The van der Waals surface area contributed by atoms with Crippen LogP contribution in [0.1, 0.15) is 21.5 Å². The maximum absolute atomic E-state index is 12.8. The first kappa shape index (κ1) is 11.8. The molecule has 0 spiro atoms. The summed E-state index contributed by atoms with van der Waals surface area (Å²) >= 11 is 5.86. The van der Waals surface area contributed by atoms with Crippen LogP contribution in [-0.2, 0) is 0 Å². The van der Waals surface area contributed by atoms with Crippen molar-refractivity contribution in [2.45, 2.75) is 6.92 Å². The number of rotatable bonds is 2. The van der Waals surface area contributed by atoms with E-state index in [1.165, 1.54) is 24.3 Å². The highest BCUT2D eigenvalue weighted by Gasteiger charge is 2.12. The van der Waals surface area contributed by atoms with Gasteiger partial charge in [0.2, 0.25) is 0 Å². The largest absolute Gasteiger partial charge is 0.289 e. The lowest BCUT2D eigenvalue weighted by molar-refractivity contribution is 0.103. The van der Waals surface area contributed by atoms with Crippen LogP contribution in [0.3, 0.4) is 0 Å². The first-order valence-corrected chi connectivity index (χ1v) is 5.52. The Kier molecular flexibility index (Phi) is 3.25. The number of carbonyl (C=O) groups is 1. The number of benzene rings is 2. The van der Waals surface area contributed by atoms with Crippen LogP contribution in [0.5, 0.6) is 0 Å². The summed E-state index contributed by atoms with van der Waals surface area (Å²) < 4.78 is 12.8. The van der Waals surface area contributed by atoms with Gasteiger partial charge in [-0.05, 0) is 48.9 Å². The zero-order valence-corrected chi connectivity index (χ0v) is 9.96. The summed E-state index contributed by atoms with van der Waals surface area (Å²) in [6.45, 7) is 1.84. The molecule has 0 saturated carbocycles. The lowest BCUT2D eigenvalue weighted by Gasteiger charge is -2.05. The molecule has 86 valence electrons. The van der Waals surface area contributed by atoms with E-state index in [9.17, 15) is 9.18 Å². The van der Waals surface area contributed by atoms with E-state index in [0.717, 1.165) is 5.56 Å². The maximum atomic E-state index is 12.8. The zero-order chi connectivity index (χ0) is 12.4. The molecule has 2 aromatic carbocycles. The summed E-state index contributed by atoms with van der Waals surface area (Å²) in [7, 11) is 0. The molecule has 0 aromatic heterocycles. The number of aryl methyl sites for hydroxylation is 1. The van der Waals surface area contributed by atoms with Crippen LogP contribution >= 0.6 is 11.6 Å². The van der Waals surface area contributed by atoms with Gasteiger partial charge >= 0.3 is 0 Å². The number of ketones is 1. The lowest BCUT2D eigenvalue weighted by Crippen LogP contribution is -2.03. The molecule has 0 bridgehead atoms. The Balaban J connectivity index is 2.43. The minimum Gasteiger partial charge on any atom is -0.289 e. The molecule has 0 atom stereocenters. The van der Waals surface area contributed by atoms with Crippen LogP contribution in [0.25, 0.3) is 0 Å². The highest BCUT2D eigenvalue weighted by molar-refractivity contribution is 6.31. The Labute approximate surface area is 104 Å². The van der Waals surface area contributed by atoms with Crippen LogP contribution < -0.4 is 0 Å². The van der Waals surface area contributed by atoms with Gasteiger partial charge in [-0.15, -0.1) is 0 Å². The Morgan fingerprint density at radius 1 is 1.12 bits per heavy atom. The molecule has 3 heteroatoms. The molecule has 0 fully saturated rings. The van der Waals surface area contributed by atoms with Crippen molar-refractivity contribution in [1.29, 1.82) is 0 Å². The minimum atomic E-state index is -0.357. The molecule has 0 radical (unpaired) electrons. The first-order valence-electron chi connectivity index (χ1n) is 5.14. The van der Waals surface area contributed by atoms with Gasteiger partial charge in [-0.1, -0.05) is 17.7 Å². The van der Waals surface area contributed by atoms with Crippen molar-refractivity contribution in [1.82, 2.24) is 0 Å². The van der Waals surface area contributed by atoms with Gasteiger partial charge in [-0.3, -0.25) is 4.79 Å². The van der Waals surface area contributed by atoms with Crippen molar-refractivity contribution in [2.75, 3.05) is 0 Å². The van der Waals surface area contributed by atoms with E-state index in [2.05, 4.69) is 0 Å². The third-order valence-electron chi connectivity index (χ3n) is 2.55. The van der Waals surface area contributed by atoms with Crippen LogP contribution in [0, 0.1) is 12.7 Å². The SMILES string of the molecule is Cc1ccc(Cl)cc1C(=O)c1ccc(F)cc1. The standard InChI is InChI=1S/C14H10ClFO/c1-9-2-5-11(15)8-13(9)14(17)10-3-6-12(16)7-4-10/h2-8H,1H3. The van der Waals surface area contributed by atoms with E-state index < -0.39 is 0 Å². The van der Waals surface area contributed by atoms with Crippen molar-refractivity contribution in [3.05, 3.63) is 70.0 Å². The normalized spacial score (nSPS) is 10.3. The fraction of sp³-hybridized carbons (Fsp3) is 0.0714. The predicted molar refractivity (Wildman–Crippen MR) is 66.0 cm³/mol. The molecule has 2 rings (SSSR count). The zero-order valence-electron chi connectivity index (χ0n) is 9.21. The number of carbonyl (C=O) groups excluding carboxylic acids is 1. The molecule has 17 heavy (non-hydrogen) atoms. The molecular formula is C14H10ClFO. The Bertz CT molecular complexity index is 561. The van der Waals surface area contributed by atoms with Crippen molar-refractivity contribution in [2.24, 2.45) is 0 Å². The molecule has 0 aliphatic rings. The van der Waals surface area contributed by atoms with Crippen molar-refractivity contribution >= 4 is 17.4 Å². The summed E-state index contributed by atoms with van der Waals surface area (Å²) in [6.07, 6.45) is 0. The molecule has 0 aliphatic carbocycles. The van der Waals surface area contributed by atoms with Gasteiger partial charge in [-0.2, -0.15) is 0 Å². The highest BCUT2D eigenvalue weighted by Crippen LogP contribution is 2.19. The molecule has 0 N–H and O–H groups in total. The van der Waals surface area contributed by atoms with Gasteiger partial charge < -0.3 is 0 Å². The number of hydrogen-bond donors (Lipinski definition) is 0. The molecule has 0 heterocycles. The summed E-state index contributed by atoms with van der Waals surface area (Å²) in [6, 6.07) is 10.6. The van der Waals surface area contributed by atoms with Crippen LogP contribution in [-0.4, -0.2) is 5.78 Å². The number of hydrogen-bond acceptors (Lipinski definition) is 1. The Morgan fingerprint density at radius 2 is 1.76 bits per heavy atom. The molecule has 2 aromatic rings. The van der Waals surface area contributed by atoms with E-state index in [-0.39, 0.29) is 11.6 Å². The highest BCUT2D eigenvalue weighted by atomic mass is 35.5. The van der Waals surface area contributed by atoms with Crippen molar-refractivity contribution in [3.63, 3.8) is 0 Å². The van der Waals surface area contributed by atoms with Gasteiger partial charge in [0.15, 0.2) is 5.78 Å². The monoisotopic (exact) mass is 248 g/mol. The fourth-order valence-corrected chi connectivity index (χ4v) is 1.77. The van der Waals surface area contributed by atoms with E-state index in [4.69, 9.17) is 11.6 Å².